The highest BCUT2D eigenvalue weighted by molar-refractivity contribution is 5.97. The summed E-state index contributed by atoms with van der Waals surface area (Å²) in [5.74, 6) is -3.83. The fourth-order valence-electron chi connectivity index (χ4n) is 2.36. The molecular weight excluding hydrogens is 289 g/mol. The molecule has 0 bridgehead atoms. The highest BCUT2D eigenvalue weighted by atomic mass is 19.1. The first-order valence-corrected chi connectivity index (χ1v) is 6.02. The van der Waals surface area contributed by atoms with Crippen LogP contribution >= 0.6 is 0 Å². The van der Waals surface area contributed by atoms with Crippen LogP contribution in [-0.2, 0) is 0 Å². The maximum atomic E-state index is 14.0. The number of rotatable bonds is 2. The molecule has 0 amide bonds. The van der Waals surface area contributed by atoms with Crippen LogP contribution in [-0.4, -0.2) is 21.8 Å². The smallest absolute Gasteiger partial charge is 0.341 e. The summed E-state index contributed by atoms with van der Waals surface area (Å²) in [7, 11) is 0. The van der Waals surface area contributed by atoms with E-state index in [-0.39, 0.29) is 11.9 Å². The lowest BCUT2D eigenvalue weighted by Gasteiger charge is -2.13. The Bertz CT molecular complexity index is 847. The van der Waals surface area contributed by atoms with Gasteiger partial charge in [-0.15, -0.1) is 0 Å². The Morgan fingerprint density at radius 1 is 1.38 bits per heavy atom. The minimum absolute atomic E-state index is 0.0632. The fraction of sp³-hybridized carbons (Fsp3) is 0.231. The second-order valence-corrected chi connectivity index (χ2v) is 4.88. The lowest BCUT2D eigenvalue weighted by Crippen LogP contribution is -2.21. The molecule has 0 saturated heterocycles. The molecule has 1 fully saturated rings. The van der Waals surface area contributed by atoms with E-state index in [9.17, 15) is 22.8 Å². The molecule has 0 radical (unpaired) electrons. The van der Waals surface area contributed by atoms with Gasteiger partial charge in [-0.1, -0.05) is 0 Å². The lowest BCUT2D eigenvalue weighted by molar-refractivity contribution is 0.0694. The Kier molecular flexibility index (Phi) is 2.72. The third-order valence-corrected chi connectivity index (χ3v) is 3.51. The first-order chi connectivity index (χ1) is 9.82. The highest BCUT2D eigenvalue weighted by Crippen LogP contribution is 2.41. The summed E-state index contributed by atoms with van der Waals surface area (Å²) in [6.45, 7) is 0. The first kappa shape index (κ1) is 13.5. The van der Waals surface area contributed by atoms with E-state index in [1.165, 1.54) is 0 Å². The Morgan fingerprint density at radius 3 is 2.52 bits per heavy atom. The van der Waals surface area contributed by atoms with Crippen molar-refractivity contribution in [3.63, 3.8) is 0 Å². The number of alkyl halides is 1. The monoisotopic (exact) mass is 298 g/mol. The minimum Gasteiger partial charge on any atom is -0.477 e. The van der Waals surface area contributed by atoms with Crippen LogP contribution in [0.25, 0.3) is 10.9 Å². The van der Waals surface area contributed by atoms with Crippen molar-refractivity contribution in [3.05, 3.63) is 39.7 Å². The molecule has 0 spiro atoms. The zero-order chi connectivity index (χ0) is 15.5. The number of hydrogen-bond donors (Lipinski definition) is 2. The normalized spacial score (nSPS) is 20.7. The number of aromatic nitrogens is 1. The van der Waals surface area contributed by atoms with E-state index >= 15 is 0 Å². The number of carbonyl (C=O) groups is 1. The van der Waals surface area contributed by atoms with E-state index in [4.69, 9.17) is 10.8 Å². The molecule has 1 aromatic carbocycles. The fourth-order valence-corrected chi connectivity index (χ4v) is 2.36. The number of nitrogens with two attached hydrogens (primary N) is 1. The number of nitrogen functional groups attached to an aromatic ring is 1. The van der Waals surface area contributed by atoms with Crippen molar-refractivity contribution < 1.29 is 23.1 Å². The van der Waals surface area contributed by atoms with Gasteiger partial charge in [0.05, 0.1) is 22.6 Å². The SMILES string of the molecule is Nc1c(F)cc(F)c2c1c(=O)c(C(=O)O)cn2[C@@H]1C[C@@H]1F. The number of carboxylic acid groups (broad SMARTS) is 1. The Hall–Kier alpha value is -2.51. The molecule has 1 aliphatic carbocycles. The molecule has 21 heavy (non-hydrogen) atoms. The number of anilines is 1. The van der Waals surface area contributed by atoms with E-state index in [2.05, 4.69) is 0 Å². The number of fused-ring (bicyclic) bond motifs is 1. The van der Waals surface area contributed by atoms with Gasteiger partial charge < -0.3 is 15.4 Å². The maximum Gasteiger partial charge on any atom is 0.341 e. The summed E-state index contributed by atoms with van der Waals surface area (Å²) in [5.41, 5.74) is 2.60. The lowest BCUT2D eigenvalue weighted by atomic mass is 10.1. The molecule has 1 saturated carbocycles. The van der Waals surface area contributed by atoms with Crippen LogP contribution in [0.3, 0.4) is 0 Å². The average molecular weight is 298 g/mol. The second-order valence-electron chi connectivity index (χ2n) is 4.88. The molecule has 0 unspecified atom stereocenters. The summed E-state index contributed by atoms with van der Waals surface area (Å²) in [5, 5.41) is 8.43. The predicted octanol–water partition coefficient (Wildman–Crippen LogP) is 1.84. The quantitative estimate of drug-likeness (QED) is 0.828. The van der Waals surface area contributed by atoms with Crippen LogP contribution in [0, 0.1) is 11.6 Å². The van der Waals surface area contributed by atoms with Gasteiger partial charge in [0.15, 0.2) is 5.82 Å². The van der Waals surface area contributed by atoms with Crippen LogP contribution in [0.4, 0.5) is 18.9 Å². The first-order valence-electron chi connectivity index (χ1n) is 6.02. The van der Waals surface area contributed by atoms with E-state index in [1.807, 2.05) is 0 Å². The molecule has 8 heteroatoms. The van der Waals surface area contributed by atoms with Crippen LogP contribution in [0.5, 0.6) is 0 Å². The molecule has 5 nitrogen and oxygen atoms in total. The maximum absolute atomic E-state index is 14.0. The number of aromatic carboxylic acids is 1. The van der Waals surface area contributed by atoms with Gasteiger partial charge in [-0.2, -0.15) is 0 Å². The number of nitrogens with zero attached hydrogens (tertiary/aromatic N) is 1. The number of carboxylic acids is 1. The van der Waals surface area contributed by atoms with Gasteiger partial charge in [-0.3, -0.25) is 4.79 Å². The number of hydrogen-bond acceptors (Lipinski definition) is 3. The summed E-state index contributed by atoms with van der Waals surface area (Å²) >= 11 is 0. The van der Waals surface area contributed by atoms with E-state index < -0.39 is 51.9 Å². The van der Waals surface area contributed by atoms with Crippen LogP contribution in [0.1, 0.15) is 22.8 Å². The molecule has 1 aliphatic rings. The van der Waals surface area contributed by atoms with Crippen LogP contribution in [0.15, 0.2) is 17.1 Å². The molecule has 0 aliphatic heterocycles. The van der Waals surface area contributed by atoms with Crippen molar-refractivity contribution in [2.75, 3.05) is 5.73 Å². The topological polar surface area (TPSA) is 85.3 Å². The van der Waals surface area contributed by atoms with Crippen molar-refractivity contribution in [1.29, 1.82) is 0 Å². The third kappa shape index (κ3) is 1.86. The number of halogens is 3. The Labute approximate surface area is 115 Å². The number of benzene rings is 1. The molecule has 1 aromatic heterocycles. The third-order valence-electron chi connectivity index (χ3n) is 3.51. The zero-order valence-electron chi connectivity index (χ0n) is 10.4. The van der Waals surface area contributed by atoms with Gasteiger partial charge in [0, 0.05) is 18.7 Å². The predicted molar refractivity (Wildman–Crippen MR) is 68.0 cm³/mol. The summed E-state index contributed by atoms with van der Waals surface area (Å²) in [6, 6.07) is -0.297. The summed E-state index contributed by atoms with van der Waals surface area (Å²) < 4.78 is 41.8. The second kappa shape index (κ2) is 4.24. The van der Waals surface area contributed by atoms with Gasteiger partial charge >= 0.3 is 5.97 Å². The zero-order valence-corrected chi connectivity index (χ0v) is 10.4. The van der Waals surface area contributed by atoms with Gasteiger partial charge in [-0.05, 0) is 0 Å². The van der Waals surface area contributed by atoms with E-state index in [0.29, 0.717) is 6.07 Å². The average Bonchev–Trinajstić information content (AvgIpc) is 3.12. The van der Waals surface area contributed by atoms with E-state index in [1.54, 1.807) is 0 Å². The van der Waals surface area contributed by atoms with Crippen LogP contribution < -0.4 is 11.2 Å². The molecule has 1 heterocycles. The molecule has 3 rings (SSSR count). The molecule has 3 N–H and O–H groups in total. The molecular formula is C13H9F3N2O3. The largest absolute Gasteiger partial charge is 0.477 e. The molecule has 110 valence electrons. The molecule has 2 aromatic rings. The summed E-state index contributed by atoms with van der Waals surface area (Å²) in [4.78, 5) is 23.2. The standard InChI is InChI=1S/C13H9F3N2O3/c14-5-2-8(5)18-3-4(13(20)21)12(19)9-10(17)6(15)1-7(16)11(9)18/h1,3,5,8H,2,17H2,(H,20,21)/t5-,8+/m0/s1. The van der Waals surface area contributed by atoms with Gasteiger partial charge in [0.2, 0.25) is 5.43 Å². The van der Waals surface area contributed by atoms with Gasteiger partial charge in [-0.25, -0.2) is 18.0 Å². The summed E-state index contributed by atoms with van der Waals surface area (Å²) in [6.07, 6.45) is -0.339. The highest BCUT2D eigenvalue weighted by Gasteiger charge is 2.40. The Morgan fingerprint density at radius 2 is 2.00 bits per heavy atom. The van der Waals surface area contributed by atoms with Crippen molar-refractivity contribution >= 4 is 22.6 Å². The number of pyridine rings is 1. The molecule has 2 atom stereocenters. The van der Waals surface area contributed by atoms with Gasteiger partial charge in [0.1, 0.15) is 17.6 Å². The van der Waals surface area contributed by atoms with Gasteiger partial charge in [0.25, 0.3) is 0 Å². The minimum atomic E-state index is -1.57. The van der Waals surface area contributed by atoms with Crippen molar-refractivity contribution in [3.8, 4) is 0 Å². The van der Waals surface area contributed by atoms with Crippen molar-refractivity contribution in [2.45, 2.75) is 18.6 Å². The van der Waals surface area contributed by atoms with E-state index in [0.717, 1.165) is 10.8 Å². The van der Waals surface area contributed by atoms with Crippen molar-refractivity contribution in [2.24, 2.45) is 0 Å². The Balaban J connectivity index is 2.52. The van der Waals surface area contributed by atoms with Crippen LogP contribution in [0.2, 0.25) is 0 Å². The van der Waals surface area contributed by atoms with Crippen molar-refractivity contribution in [1.82, 2.24) is 4.57 Å².